The zero-order valence-electron chi connectivity index (χ0n) is 17.9. The summed E-state index contributed by atoms with van der Waals surface area (Å²) in [7, 11) is 1.91. The number of ether oxygens (including phenoxy) is 2. The van der Waals surface area contributed by atoms with Crippen molar-refractivity contribution in [1.29, 1.82) is 0 Å². The van der Waals surface area contributed by atoms with Crippen molar-refractivity contribution in [2.75, 3.05) is 11.9 Å². The second-order valence-corrected chi connectivity index (χ2v) is 7.81. The molecule has 0 aliphatic carbocycles. The fourth-order valence-electron chi connectivity index (χ4n) is 3.52. The maximum atomic E-state index is 13.4. The fraction of sp³-hybridized carbons (Fsp3) is 0.304. The van der Waals surface area contributed by atoms with Gasteiger partial charge in [0.25, 0.3) is 0 Å². The van der Waals surface area contributed by atoms with Crippen molar-refractivity contribution < 1.29 is 27.0 Å². The van der Waals surface area contributed by atoms with Crippen LogP contribution in [0.5, 0.6) is 17.4 Å². The van der Waals surface area contributed by atoms with Crippen LogP contribution >= 0.6 is 0 Å². The highest BCUT2D eigenvalue weighted by Gasteiger charge is 2.34. The Morgan fingerprint density at radius 1 is 1.09 bits per heavy atom. The van der Waals surface area contributed by atoms with Crippen LogP contribution in [0.4, 0.5) is 23.4 Å². The molecule has 33 heavy (non-hydrogen) atoms. The molecule has 1 aliphatic rings. The Kier molecular flexibility index (Phi) is 6.01. The molecule has 174 valence electrons. The molecule has 2 aromatic carbocycles. The van der Waals surface area contributed by atoms with E-state index in [4.69, 9.17) is 9.47 Å². The number of alkyl halides is 3. The monoisotopic (exact) mass is 463 g/mol. The first-order chi connectivity index (χ1) is 15.6. The van der Waals surface area contributed by atoms with Crippen molar-refractivity contribution in [2.24, 2.45) is 0 Å². The smallest absolute Gasteiger partial charge is 0.419 e. The molecule has 1 atom stereocenters. The van der Waals surface area contributed by atoms with Gasteiger partial charge in [-0.05, 0) is 49.2 Å². The van der Waals surface area contributed by atoms with Crippen LogP contribution in [-0.2, 0) is 19.3 Å². The molecule has 0 spiro atoms. The Labute approximate surface area is 187 Å². The highest BCUT2D eigenvalue weighted by molar-refractivity contribution is 5.44. The second kappa shape index (κ2) is 8.76. The van der Waals surface area contributed by atoms with Gasteiger partial charge < -0.3 is 14.4 Å². The van der Waals surface area contributed by atoms with E-state index < -0.39 is 17.6 Å². The molecule has 0 saturated heterocycles. The summed E-state index contributed by atoms with van der Waals surface area (Å²) < 4.78 is 64.7. The lowest BCUT2D eigenvalue weighted by Gasteiger charge is -2.34. The molecule has 3 aromatic rings. The van der Waals surface area contributed by atoms with E-state index in [1.807, 2.05) is 11.9 Å². The summed E-state index contributed by atoms with van der Waals surface area (Å²) in [4.78, 5) is 18.3. The quantitative estimate of drug-likeness (QED) is 0.499. The highest BCUT2D eigenvalue weighted by Crippen LogP contribution is 2.35. The summed E-state index contributed by atoms with van der Waals surface area (Å²) in [6, 6.07) is 10.9. The molecule has 0 saturated carbocycles. The number of aromatic nitrogens is 2. The molecular formula is C23H21F4N3O3. The van der Waals surface area contributed by atoms with Crippen molar-refractivity contribution in [3.63, 3.8) is 0 Å². The van der Waals surface area contributed by atoms with E-state index in [2.05, 4.69) is 11.9 Å². The Morgan fingerprint density at radius 3 is 2.48 bits per heavy atom. The average Bonchev–Trinajstić information content (AvgIpc) is 2.76. The van der Waals surface area contributed by atoms with Gasteiger partial charge in [0.1, 0.15) is 29.7 Å². The number of benzene rings is 2. The van der Waals surface area contributed by atoms with Crippen LogP contribution in [0.1, 0.15) is 24.5 Å². The van der Waals surface area contributed by atoms with Crippen molar-refractivity contribution in [3.05, 3.63) is 76.0 Å². The maximum Gasteiger partial charge on any atom is 0.419 e. The summed E-state index contributed by atoms with van der Waals surface area (Å²) in [6.07, 6.45) is -3.96. The third kappa shape index (κ3) is 4.94. The molecule has 4 rings (SSSR count). The van der Waals surface area contributed by atoms with Crippen LogP contribution in [0.2, 0.25) is 0 Å². The zero-order valence-corrected chi connectivity index (χ0v) is 17.9. The third-order valence-corrected chi connectivity index (χ3v) is 5.55. The van der Waals surface area contributed by atoms with Gasteiger partial charge in [0, 0.05) is 25.7 Å². The molecule has 1 aliphatic heterocycles. The van der Waals surface area contributed by atoms with Gasteiger partial charge in [-0.25, -0.2) is 9.18 Å². The molecule has 2 heterocycles. The van der Waals surface area contributed by atoms with Gasteiger partial charge in [0.05, 0.1) is 5.56 Å². The summed E-state index contributed by atoms with van der Waals surface area (Å²) >= 11 is 0. The van der Waals surface area contributed by atoms with Crippen molar-refractivity contribution >= 4 is 5.82 Å². The van der Waals surface area contributed by atoms with Crippen LogP contribution in [0.15, 0.2) is 53.3 Å². The van der Waals surface area contributed by atoms with E-state index in [-0.39, 0.29) is 29.7 Å². The molecule has 10 heteroatoms. The number of hydrogen-bond donors (Lipinski definition) is 0. The van der Waals surface area contributed by atoms with Crippen molar-refractivity contribution in [1.82, 2.24) is 9.55 Å². The van der Waals surface area contributed by atoms with E-state index >= 15 is 0 Å². The first kappa shape index (κ1) is 22.6. The molecule has 0 N–H and O–H groups in total. The lowest BCUT2D eigenvalue weighted by molar-refractivity contribution is -0.140. The standard InChI is InChI=1S/C23H21F4N3O3/c1-14-9-10-30-21(29(14)2)12-20(28-22(30)31)32-13-15-3-5-16(6-4-15)33-17-7-8-19(24)18(11-17)23(25,26)27/h3-8,11-12,14H,9-10,13H2,1-2H3/t14-/m1/s1. The summed E-state index contributed by atoms with van der Waals surface area (Å²) in [6.45, 7) is 2.81. The van der Waals surface area contributed by atoms with Gasteiger partial charge in [0.15, 0.2) is 0 Å². The normalized spacial score (nSPS) is 15.8. The fourth-order valence-corrected chi connectivity index (χ4v) is 3.52. The van der Waals surface area contributed by atoms with E-state index in [1.165, 1.54) is 0 Å². The Morgan fingerprint density at radius 2 is 1.79 bits per heavy atom. The zero-order chi connectivity index (χ0) is 23.8. The van der Waals surface area contributed by atoms with Crippen molar-refractivity contribution in [3.8, 4) is 17.4 Å². The highest BCUT2D eigenvalue weighted by atomic mass is 19.4. The number of rotatable bonds is 5. The Bertz CT molecular complexity index is 1210. The Hall–Kier alpha value is -3.56. The van der Waals surface area contributed by atoms with Gasteiger partial charge in [-0.15, -0.1) is 0 Å². The van der Waals surface area contributed by atoms with E-state index in [0.29, 0.717) is 24.7 Å². The van der Waals surface area contributed by atoms with Crippen LogP contribution < -0.4 is 20.1 Å². The molecule has 0 amide bonds. The Balaban J connectivity index is 1.43. The number of nitrogens with zero attached hydrogens (tertiary/aromatic N) is 3. The van der Waals surface area contributed by atoms with Gasteiger partial charge in [-0.3, -0.25) is 4.57 Å². The minimum Gasteiger partial charge on any atom is -0.473 e. The minimum atomic E-state index is -4.81. The van der Waals surface area contributed by atoms with Gasteiger partial charge >= 0.3 is 11.9 Å². The number of anilines is 1. The second-order valence-electron chi connectivity index (χ2n) is 7.81. The van der Waals surface area contributed by atoms with Crippen LogP contribution in [-0.4, -0.2) is 22.6 Å². The summed E-state index contributed by atoms with van der Waals surface area (Å²) in [5.74, 6) is -0.272. The summed E-state index contributed by atoms with van der Waals surface area (Å²) in [5, 5.41) is 0. The minimum absolute atomic E-state index is 0.129. The lowest BCUT2D eigenvalue weighted by Crippen LogP contribution is -2.41. The molecule has 0 unspecified atom stereocenters. The predicted molar refractivity (Wildman–Crippen MR) is 113 cm³/mol. The number of hydrogen-bond acceptors (Lipinski definition) is 5. The molecule has 0 radical (unpaired) electrons. The average molecular weight is 463 g/mol. The van der Waals surface area contributed by atoms with E-state index in [0.717, 1.165) is 23.9 Å². The van der Waals surface area contributed by atoms with Gasteiger partial charge in [-0.1, -0.05) is 12.1 Å². The molecule has 6 nitrogen and oxygen atoms in total. The van der Waals surface area contributed by atoms with Crippen LogP contribution in [0, 0.1) is 5.82 Å². The molecule has 0 fully saturated rings. The van der Waals surface area contributed by atoms with Crippen LogP contribution in [0.25, 0.3) is 0 Å². The summed E-state index contributed by atoms with van der Waals surface area (Å²) in [5.41, 5.74) is -1.03. The molecule has 0 bridgehead atoms. The molecular weight excluding hydrogens is 442 g/mol. The SMILES string of the molecule is C[C@@H]1CCn2c(cc(OCc3ccc(Oc4ccc(F)c(C(F)(F)F)c4)cc3)nc2=O)N1C. The van der Waals surface area contributed by atoms with Gasteiger partial charge in [-0.2, -0.15) is 18.2 Å². The lowest BCUT2D eigenvalue weighted by atomic mass is 10.1. The maximum absolute atomic E-state index is 13.4. The largest absolute Gasteiger partial charge is 0.473 e. The van der Waals surface area contributed by atoms with E-state index in [1.54, 1.807) is 34.9 Å². The van der Waals surface area contributed by atoms with Gasteiger partial charge in [0.2, 0.25) is 5.88 Å². The molecule has 1 aromatic heterocycles. The van der Waals surface area contributed by atoms with E-state index in [9.17, 15) is 22.4 Å². The van der Waals surface area contributed by atoms with Crippen molar-refractivity contribution in [2.45, 2.75) is 38.7 Å². The van der Waals surface area contributed by atoms with Crippen LogP contribution in [0.3, 0.4) is 0 Å². The number of fused-ring (bicyclic) bond motifs is 1. The first-order valence-electron chi connectivity index (χ1n) is 10.2. The number of halogens is 4. The third-order valence-electron chi connectivity index (χ3n) is 5.55. The predicted octanol–water partition coefficient (Wildman–Crippen LogP) is 5.00. The first-order valence-corrected chi connectivity index (χ1v) is 10.2. The topological polar surface area (TPSA) is 56.6 Å².